The summed E-state index contributed by atoms with van der Waals surface area (Å²) in [5, 5.41) is 3.60. The van der Waals surface area contributed by atoms with Crippen LogP contribution in [0.15, 0.2) is 48.8 Å². The lowest BCUT2D eigenvalue weighted by atomic mass is 9.75. The highest BCUT2D eigenvalue weighted by molar-refractivity contribution is 5.25. The molecule has 0 amide bonds. The highest BCUT2D eigenvalue weighted by Gasteiger charge is 2.32. The van der Waals surface area contributed by atoms with Crippen molar-refractivity contribution in [3.8, 4) is 0 Å². The van der Waals surface area contributed by atoms with Crippen molar-refractivity contribution in [1.82, 2.24) is 10.3 Å². The van der Waals surface area contributed by atoms with E-state index >= 15 is 0 Å². The van der Waals surface area contributed by atoms with Crippen LogP contribution < -0.4 is 5.32 Å². The van der Waals surface area contributed by atoms with Crippen molar-refractivity contribution in [2.24, 2.45) is 0 Å². The molecule has 1 aromatic heterocycles. The number of nitrogens with zero attached hydrogens (tertiary/aromatic N) is 1. The molecule has 3 heteroatoms. The molecule has 2 aromatic rings. The first-order valence-electron chi connectivity index (χ1n) is 7.14. The number of aromatic nitrogens is 1. The summed E-state index contributed by atoms with van der Waals surface area (Å²) in [7, 11) is 0. The van der Waals surface area contributed by atoms with Gasteiger partial charge in [0.2, 0.25) is 0 Å². The van der Waals surface area contributed by atoms with Gasteiger partial charge in [-0.3, -0.25) is 4.98 Å². The molecular weight excluding hydrogens is 251 g/mol. The Morgan fingerprint density at radius 3 is 2.55 bits per heavy atom. The molecule has 1 aliphatic carbocycles. The largest absolute Gasteiger partial charge is 0.307 e. The molecule has 3 rings (SSSR count). The minimum Gasteiger partial charge on any atom is -0.307 e. The lowest BCUT2D eigenvalue weighted by Crippen LogP contribution is -2.41. The van der Waals surface area contributed by atoms with Crippen LogP contribution in [0.3, 0.4) is 0 Å². The smallest absolute Gasteiger partial charge is 0.126 e. The normalized spacial score (nSPS) is 23.1. The van der Waals surface area contributed by atoms with E-state index in [2.05, 4.69) is 17.2 Å². The van der Waals surface area contributed by atoms with Crippen molar-refractivity contribution in [3.63, 3.8) is 0 Å². The maximum atomic E-state index is 13.7. The molecule has 0 radical (unpaired) electrons. The fourth-order valence-electron chi connectivity index (χ4n) is 2.92. The summed E-state index contributed by atoms with van der Waals surface area (Å²) in [4.78, 5) is 4.03. The summed E-state index contributed by atoms with van der Waals surface area (Å²) in [6, 6.07) is 12.0. The third kappa shape index (κ3) is 2.73. The first kappa shape index (κ1) is 13.3. The first-order valence-corrected chi connectivity index (χ1v) is 7.14. The Morgan fingerprint density at radius 2 is 1.85 bits per heavy atom. The van der Waals surface area contributed by atoms with E-state index in [-0.39, 0.29) is 5.82 Å². The van der Waals surface area contributed by atoms with Gasteiger partial charge in [-0.1, -0.05) is 18.2 Å². The van der Waals surface area contributed by atoms with Crippen molar-refractivity contribution in [1.29, 1.82) is 0 Å². The van der Waals surface area contributed by atoms with Crippen LogP contribution in [0.1, 0.15) is 42.9 Å². The summed E-state index contributed by atoms with van der Waals surface area (Å²) in [6.07, 6.45) is 5.65. The Kier molecular flexibility index (Phi) is 3.79. The molecule has 104 valence electrons. The standard InChI is InChI=1S/C17H19FN2/c1-12(13-6-8-19-9-7-13)20-15-10-14(11-15)16-4-2-3-5-17(16)18/h2-9,12,14-15,20H,10-11H2,1H3. The van der Waals surface area contributed by atoms with Gasteiger partial charge in [0.25, 0.3) is 0 Å². The van der Waals surface area contributed by atoms with Crippen LogP contribution in [0.5, 0.6) is 0 Å². The molecule has 1 atom stereocenters. The number of halogens is 1. The Hall–Kier alpha value is -1.74. The minimum absolute atomic E-state index is 0.0712. The van der Waals surface area contributed by atoms with E-state index in [1.54, 1.807) is 12.1 Å². The van der Waals surface area contributed by atoms with Crippen molar-refractivity contribution >= 4 is 0 Å². The third-order valence-electron chi connectivity index (χ3n) is 4.17. The average molecular weight is 270 g/mol. The number of hydrogen-bond donors (Lipinski definition) is 1. The molecule has 1 saturated carbocycles. The van der Waals surface area contributed by atoms with Crippen molar-refractivity contribution in [3.05, 3.63) is 65.7 Å². The van der Waals surface area contributed by atoms with E-state index < -0.39 is 0 Å². The van der Waals surface area contributed by atoms with Crippen molar-refractivity contribution < 1.29 is 4.39 Å². The fraction of sp³-hybridized carbons (Fsp3) is 0.353. The van der Waals surface area contributed by atoms with Gasteiger partial charge in [-0.15, -0.1) is 0 Å². The van der Waals surface area contributed by atoms with E-state index in [1.807, 2.05) is 36.7 Å². The Bertz CT molecular complexity index is 564. The first-order chi connectivity index (χ1) is 9.74. The lowest BCUT2D eigenvalue weighted by Gasteiger charge is -2.38. The van der Waals surface area contributed by atoms with Gasteiger partial charge in [-0.2, -0.15) is 0 Å². The van der Waals surface area contributed by atoms with Gasteiger partial charge in [0, 0.05) is 24.5 Å². The van der Waals surface area contributed by atoms with Gasteiger partial charge < -0.3 is 5.32 Å². The quantitative estimate of drug-likeness (QED) is 0.913. The lowest BCUT2D eigenvalue weighted by molar-refractivity contribution is 0.266. The van der Waals surface area contributed by atoms with E-state index in [0.717, 1.165) is 18.4 Å². The average Bonchev–Trinajstić information content (AvgIpc) is 2.44. The summed E-state index contributed by atoms with van der Waals surface area (Å²) in [5.74, 6) is 0.288. The molecule has 20 heavy (non-hydrogen) atoms. The van der Waals surface area contributed by atoms with E-state index in [9.17, 15) is 4.39 Å². The third-order valence-corrected chi connectivity index (χ3v) is 4.17. The highest BCUT2D eigenvalue weighted by atomic mass is 19.1. The number of pyridine rings is 1. The zero-order valence-electron chi connectivity index (χ0n) is 11.6. The van der Waals surface area contributed by atoms with Gasteiger partial charge in [0.05, 0.1) is 0 Å². The van der Waals surface area contributed by atoms with Crippen LogP contribution in [0.25, 0.3) is 0 Å². The Labute approximate surface area is 119 Å². The maximum Gasteiger partial charge on any atom is 0.126 e. The highest BCUT2D eigenvalue weighted by Crippen LogP contribution is 2.38. The molecule has 0 saturated heterocycles. The fourth-order valence-corrected chi connectivity index (χ4v) is 2.92. The van der Waals surface area contributed by atoms with Crippen LogP contribution in [-0.2, 0) is 0 Å². The second kappa shape index (κ2) is 5.71. The van der Waals surface area contributed by atoms with Gasteiger partial charge in [-0.05, 0) is 55.0 Å². The van der Waals surface area contributed by atoms with Gasteiger partial charge in [0.15, 0.2) is 0 Å². The molecule has 1 N–H and O–H groups in total. The van der Waals surface area contributed by atoms with Crippen LogP contribution >= 0.6 is 0 Å². The maximum absolute atomic E-state index is 13.7. The summed E-state index contributed by atoms with van der Waals surface area (Å²) >= 11 is 0. The van der Waals surface area contributed by atoms with Gasteiger partial charge >= 0.3 is 0 Å². The number of hydrogen-bond acceptors (Lipinski definition) is 2. The predicted molar refractivity (Wildman–Crippen MR) is 78.0 cm³/mol. The Balaban J connectivity index is 1.55. The summed E-state index contributed by atoms with van der Waals surface area (Å²) in [5.41, 5.74) is 2.11. The molecular formula is C17H19FN2. The second-order valence-electron chi connectivity index (χ2n) is 5.56. The predicted octanol–water partition coefficient (Wildman–Crippen LogP) is 3.82. The van der Waals surface area contributed by atoms with E-state index in [0.29, 0.717) is 18.0 Å². The molecule has 1 unspecified atom stereocenters. The van der Waals surface area contributed by atoms with E-state index in [4.69, 9.17) is 0 Å². The van der Waals surface area contributed by atoms with Crippen LogP contribution in [0.2, 0.25) is 0 Å². The Morgan fingerprint density at radius 1 is 1.15 bits per heavy atom. The van der Waals surface area contributed by atoms with Gasteiger partial charge in [-0.25, -0.2) is 4.39 Å². The molecule has 2 nitrogen and oxygen atoms in total. The summed E-state index contributed by atoms with van der Waals surface area (Å²) in [6.45, 7) is 2.16. The monoisotopic (exact) mass is 270 g/mol. The number of nitrogens with one attached hydrogen (secondary N) is 1. The number of rotatable bonds is 4. The van der Waals surface area contributed by atoms with Gasteiger partial charge in [0.1, 0.15) is 5.82 Å². The zero-order valence-corrected chi connectivity index (χ0v) is 11.6. The van der Waals surface area contributed by atoms with Crippen LogP contribution in [0.4, 0.5) is 4.39 Å². The van der Waals surface area contributed by atoms with Crippen LogP contribution in [0, 0.1) is 5.82 Å². The minimum atomic E-state index is -0.0712. The molecule has 1 aromatic carbocycles. The molecule has 0 bridgehead atoms. The molecule has 0 aliphatic heterocycles. The molecule has 0 spiro atoms. The van der Waals surface area contributed by atoms with E-state index in [1.165, 1.54) is 5.56 Å². The number of benzene rings is 1. The van der Waals surface area contributed by atoms with Crippen LogP contribution in [-0.4, -0.2) is 11.0 Å². The van der Waals surface area contributed by atoms with Crippen molar-refractivity contribution in [2.75, 3.05) is 0 Å². The molecule has 1 fully saturated rings. The molecule has 1 aliphatic rings. The zero-order chi connectivity index (χ0) is 13.9. The second-order valence-corrected chi connectivity index (χ2v) is 5.56. The SMILES string of the molecule is CC(NC1CC(c2ccccc2F)C1)c1ccncc1. The summed E-state index contributed by atoms with van der Waals surface area (Å²) < 4.78 is 13.7. The molecule has 1 heterocycles. The topological polar surface area (TPSA) is 24.9 Å². The van der Waals surface area contributed by atoms with Crippen molar-refractivity contribution in [2.45, 2.75) is 37.8 Å².